The summed E-state index contributed by atoms with van der Waals surface area (Å²) in [5.74, 6) is -0.320. The molecule has 1 fully saturated rings. The molecule has 1 heterocycles. The maximum absolute atomic E-state index is 13.9. The summed E-state index contributed by atoms with van der Waals surface area (Å²) in [5.41, 5.74) is 3.46. The second kappa shape index (κ2) is 10.3. The summed E-state index contributed by atoms with van der Waals surface area (Å²) in [7, 11) is 1.74. The minimum Gasteiger partial charge on any atom is -0.322 e. The van der Waals surface area contributed by atoms with Crippen molar-refractivity contribution in [2.75, 3.05) is 7.05 Å². The molecular weight excluding hydrogens is 422 g/mol. The maximum atomic E-state index is 13.9. The molecule has 3 atom stereocenters. The summed E-state index contributed by atoms with van der Waals surface area (Å²) >= 11 is 0. The lowest BCUT2D eigenvalue weighted by atomic mass is 9.99. The number of carbonyl (C=O) groups is 2. The summed E-state index contributed by atoms with van der Waals surface area (Å²) < 4.78 is 0. The van der Waals surface area contributed by atoms with Crippen LogP contribution in [0.25, 0.3) is 0 Å². The zero-order chi connectivity index (χ0) is 24.1. The van der Waals surface area contributed by atoms with Gasteiger partial charge in [0.2, 0.25) is 0 Å². The van der Waals surface area contributed by atoms with Crippen LogP contribution in [0.1, 0.15) is 36.1 Å². The topological polar surface area (TPSA) is 53.0 Å². The first-order chi connectivity index (χ1) is 16.5. The molecule has 3 aromatic carbocycles. The van der Waals surface area contributed by atoms with Crippen LogP contribution >= 0.6 is 0 Å². The van der Waals surface area contributed by atoms with Crippen molar-refractivity contribution >= 4 is 17.6 Å². The van der Waals surface area contributed by atoms with Crippen LogP contribution in [0.2, 0.25) is 0 Å². The van der Waals surface area contributed by atoms with E-state index >= 15 is 0 Å². The van der Waals surface area contributed by atoms with Crippen molar-refractivity contribution < 1.29 is 9.59 Å². The Labute approximate surface area is 201 Å². The zero-order valence-corrected chi connectivity index (χ0v) is 19.5. The lowest BCUT2D eigenvalue weighted by molar-refractivity contribution is -0.130. The van der Waals surface area contributed by atoms with Gasteiger partial charge >= 0.3 is 6.03 Å². The number of rotatable bonds is 7. The fraction of sp³-hybridized carbons (Fsp3) is 0.207. The van der Waals surface area contributed by atoms with Gasteiger partial charge in [-0.15, -0.1) is 6.58 Å². The molecule has 4 rings (SSSR count). The van der Waals surface area contributed by atoms with Crippen molar-refractivity contribution in [2.45, 2.75) is 31.5 Å². The molecule has 0 aromatic heterocycles. The van der Waals surface area contributed by atoms with Gasteiger partial charge in [-0.25, -0.2) is 4.79 Å². The van der Waals surface area contributed by atoms with E-state index < -0.39 is 6.04 Å². The van der Waals surface area contributed by atoms with Crippen LogP contribution in [0, 0.1) is 0 Å². The van der Waals surface area contributed by atoms with Crippen LogP contribution in [0.5, 0.6) is 0 Å². The minimum absolute atomic E-state index is 0.157. The van der Waals surface area contributed by atoms with Gasteiger partial charge in [-0.1, -0.05) is 97.1 Å². The fourth-order valence-corrected chi connectivity index (χ4v) is 4.39. The molecule has 0 saturated carbocycles. The molecule has 1 aliphatic heterocycles. The van der Waals surface area contributed by atoms with Crippen molar-refractivity contribution in [3.05, 3.63) is 120 Å². The van der Waals surface area contributed by atoms with Gasteiger partial charge < -0.3 is 4.90 Å². The Morgan fingerprint density at radius 1 is 0.941 bits per heavy atom. The third kappa shape index (κ3) is 4.55. The Morgan fingerprint density at radius 2 is 1.44 bits per heavy atom. The Bertz CT molecular complexity index is 1130. The van der Waals surface area contributed by atoms with Gasteiger partial charge in [0.25, 0.3) is 5.91 Å². The third-order valence-electron chi connectivity index (χ3n) is 6.29. The maximum Gasteiger partial charge on any atom is 0.327 e. The van der Waals surface area contributed by atoms with Crippen LogP contribution in [-0.4, -0.2) is 46.6 Å². The standard InChI is InChI=1S/C29H29N3O2/c1-4-14-25(30-26(22-15-8-5-9-16-22)23-17-10-6-11-18-23)28(33)32-27(21(2)31(3)29(32)34)24-19-12-7-13-20-24/h4-13,15-21,25,27H,1,14H2,2-3H3/t21-,25-,27-/m1/s1. The largest absolute Gasteiger partial charge is 0.327 e. The summed E-state index contributed by atoms with van der Waals surface area (Å²) in [6.45, 7) is 5.82. The number of benzene rings is 3. The van der Waals surface area contributed by atoms with E-state index in [2.05, 4.69) is 6.58 Å². The molecule has 172 valence electrons. The second-order valence-electron chi connectivity index (χ2n) is 8.45. The Morgan fingerprint density at radius 3 is 1.94 bits per heavy atom. The van der Waals surface area contributed by atoms with E-state index in [0.717, 1.165) is 16.7 Å². The molecule has 0 radical (unpaired) electrons. The number of aliphatic imine (C=N–C) groups is 1. The summed E-state index contributed by atoms with van der Waals surface area (Å²) in [4.78, 5) is 35.1. The molecule has 0 spiro atoms. The Balaban J connectivity index is 1.78. The average Bonchev–Trinajstić information content (AvgIpc) is 3.11. The van der Waals surface area contributed by atoms with Gasteiger partial charge in [0.1, 0.15) is 6.04 Å². The molecule has 0 aliphatic carbocycles. The quantitative estimate of drug-likeness (QED) is 0.352. The molecule has 1 saturated heterocycles. The number of hydrogen-bond donors (Lipinski definition) is 0. The lowest BCUT2D eigenvalue weighted by Gasteiger charge is -2.26. The predicted octanol–water partition coefficient (Wildman–Crippen LogP) is 5.49. The number of amides is 3. The fourth-order valence-electron chi connectivity index (χ4n) is 4.39. The molecule has 0 bridgehead atoms. The van der Waals surface area contributed by atoms with E-state index in [0.29, 0.717) is 12.1 Å². The van der Waals surface area contributed by atoms with E-state index in [4.69, 9.17) is 4.99 Å². The van der Waals surface area contributed by atoms with E-state index in [-0.39, 0.29) is 24.0 Å². The monoisotopic (exact) mass is 451 g/mol. The van der Waals surface area contributed by atoms with Crippen LogP contribution in [0.15, 0.2) is 109 Å². The van der Waals surface area contributed by atoms with Crippen LogP contribution in [0.4, 0.5) is 4.79 Å². The minimum atomic E-state index is -0.776. The number of likely N-dealkylation sites (N-methyl/N-ethyl adjacent to an activating group) is 1. The van der Waals surface area contributed by atoms with Crippen molar-refractivity contribution in [2.24, 2.45) is 4.99 Å². The molecular formula is C29H29N3O2. The number of imide groups is 1. The van der Waals surface area contributed by atoms with Crippen LogP contribution in [-0.2, 0) is 4.79 Å². The normalized spacial score (nSPS) is 18.5. The first kappa shape index (κ1) is 23.2. The molecule has 3 aromatic rings. The first-order valence-electron chi connectivity index (χ1n) is 11.5. The predicted molar refractivity (Wildman–Crippen MR) is 136 cm³/mol. The lowest BCUT2D eigenvalue weighted by Crippen LogP contribution is -2.42. The highest BCUT2D eigenvalue weighted by Gasteiger charge is 2.47. The highest BCUT2D eigenvalue weighted by molar-refractivity contribution is 6.14. The Kier molecular flexibility index (Phi) is 7.02. The van der Waals surface area contributed by atoms with Gasteiger partial charge in [0.15, 0.2) is 0 Å². The Hall–Kier alpha value is -3.99. The van der Waals surface area contributed by atoms with Crippen molar-refractivity contribution in [3.63, 3.8) is 0 Å². The highest BCUT2D eigenvalue weighted by Crippen LogP contribution is 2.35. The molecule has 34 heavy (non-hydrogen) atoms. The van der Waals surface area contributed by atoms with Crippen LogP contribution < -0.4 is 0 Å². The molecule has 5 nitrogen and oxygen atoms in total. The first-order valence-corrected chi connectivity index (χ1v) is 11.5. The van der Waals surface area contributed by atoms with Gasteiger partial charge in [0.05, 0.1) is 17.8 Å². The van der Waals surface area contributed by atoms with E-state index in [9.17, 15) is 9.59 Å². The molecule has 0 unspecified atom stereocenters. The molecule has 5 heteroatoms. The number of urea groups is 1. The summed E-state index contributed by atoms with van der Waals surface area (Å²) in [6.07, 6.45) is 2.01. The molecule has 0 N–H and O–H groups in total. The van der Waals surface area contributed by atoms with Gasteiger partial charge in [0, 0.05) is 18.2 Å². The summed E-state index contributed by atoms with van der Waals surface area (Å²) in [5, 5.41) is 0. The van der Waals surface area contributed by atoms with E-state index in [1.54, 1.807) is 18.0 Å². The van der Waals surface area contributed by atoms with E-state index in [1.807, 2.05) is 97.9 Å². The average molecular weight is 452 g/mol. The van der Waals surface area contributed by atoms with Gasteiger partial charge in [-0.2, -0.15) is 0 Å². The smallest absolute Gasteiger partial charge is 0.322 e. The van der Waals surface area contributed by atoms with Crippen molar-refractivity contribution in [1.29, 1.82) is 0 Å². The number of hydrogen-bond acceptors (Lipinski definition) is 3. The number of carbonyl (C=O) groups excluding carboxylic acids is 2. The molecule has 1 aliphatic rings. The second-order valence-corrected chi connectivity index (χ2v) is 8.45. The SMILES string of the molecule is C=CC[C@@H](N=C(c1ccccc1)c1ccccc1)C(=O)N1C(=O)N(C)[C@H](C)[C@@H]1c1ccccc1. The zero-order valence-electron chi connectivity index (χ0n) is 19.5. The van der Waals surface area contributed by atoms with Gasteiger partial charge in [-0.05, 0) is 18.9 Å². The van der Waals surface area contributed by atoms with Gasteiger partial charge in [-0.3, -0.25) is 14.7 Å². The van der Waals surface area contributed by atoms with Crippen molar-refractivity contribution in [1.82, 2.24) is 9.80 Å². The summed E-state index contributed by atoms with van der Waals surface area (Å²) in [6, 6.07) is 27.7. The van der Waals surface area contributed by atoms with E-state index in [1.165, 1.54) is 4.90 Å². The van der Waals surface area contributed by atoms with Crippen LogP contribution in [0.3, 0.4) is 0 Å². The highest BCUT2D eigenvalue weighted by atomic mass is 16.2. The molecule has 3 amide bonds. The third-order valence-corrected chi connectivity index (χ3v) is 6.29. The van der Waals surface area contributed by atoms with Crippen molar-refractivity contribution in [3.8, 4) is 0 Å². The number of nitrogens with zero attached hydrogens (tertiary/aromatic N) is 3.